The molecule has 2 aromatic rings. The molecule has 0 N–H and O–H groups in total. The number of nitrogens with zero attached hydrogens (tertiary/aromatic N) is 2. The molecule has 1 saturated carbocycles. The van der Waals surface area contributed by atoms with Gasteiger partial charge < -0.3 is 9.30 Å². The maximum absolute atomic E-state index is 5.88. The van der Waals surface area contributed by atoms with E-state index in [2.05, 4.69) is 57.4 Å². The molecule has 0 spiro atoms. The molecule has 3 nitrogen and oxygen atoms in total. The Labute approximate surface area is 135 Å². The molecular formula is C16H22BrN2OSi. The molecule has 0 unspecified atom stereocenters. The minimum atomic E-state index is -1.02. The van der Waals surface area contributed by atoms with Crippen LogP contribution in [0.1, 0.15) is 18.4 Å². The lowest BCUT2D eigenvalue weighted by molar-refractivity contribution is 0.0898. The molecule has 2 heterocycles. The molecule has 0 aliphatic heterocycles. The van der Waals surface area contributed by atoms with Crippen molar-refractivity contribution in [2.75, 3.05) is 6.61 Å². The summed E-state index contributed by atoms with van der Waals surface area (Å²) in [6.07, 6.45) is 6.52. The molecule has 0 saturated heterocycles. The predicted octanol–water partition coefficient (Wildman–Crippen LogP) is 4.83. The van der Waals surface area contributed by atoms with E-state index in [1.807, 2.05) is 6.20 Å². The van der Waals surface area contributed by atoms with Crippen molar-refractivity contribution in [3.63, 3.8) is 0 Å². The second kappa shape index (κ2) is 5.86. The summed E-state index contributed by atoms with van der Waals surface area (Å²) in [6, 6.07) is 3.37. The number of pyridine rings is 1. The summed E-state index contributed by atoms with van der Waals surface area (Å²) < 4.78 is 9.07. The first kappa shape index (κ1) is 15.3. The summed E-state index contributed by atoms with van der Waals surface area (Å²) in [5.74, 6) is 1.54. The summed E-state index contributed by atoms with van der Waals surface area (Å²) in [4.78, 5) is 4.57. The maximum Gasteiger partial charge on any atom is 0.142 e. The van der Waals surface area contributed by atoms with Gasteiger partial charge in [-0.05, 0) is 46.4 Å². The topological polar surface area (TPSA) is 27.1 Å². The molecule has 0 atom stereocenters. The molecule has 3 rings (SSSR count). The lowest BCUT2D eigenvalue weighted by Crippen LogP contribution is -2.22. The van der Waals surface area contributed by atoms with Crippen molar-refractivity contribution in [1.82, 2.24) is 9.55 Å². The van der Waals surface area contributed by atoms with Gasteiger partial charge in [0.15, 0.2) is 0 Å². The van der Waals surface area contributed by atoms with Crippen LogP contribution in [-0.4, -0.2) is 24.2 Å². The van der Waals surface area contributed by atoms with Gasteiger partial charge in [0, 0.05) is 42.9 Å². The minimum absolute atomic E-state index is 0.600. The fraction of sp³-hybridized carbons (Fsp3) is 0.500. The molecule has 2 aromatic heterocycles. The Morgan fingerprint density at radius 1 is 1.33 bits per heavy atom. The number of ether oxygens (including phenoxy) is 1. The van der Waals surface area contributed by atoms with E-state index in [1.165, 1.54) is 29.8 Å². The van der Waals surface area contributed by atoms with Gasteiger partial charge in [-0.2, -0.15) is 0 Å². The molecule has 1 aliphatic rings. The molecule has 0 aromatic carbocycles. The van der Waals surface area contributed by atoms with Crippen LogP contribution >= 0.6 is 15.9 Å². The van der Waals surface area contributed by atoms with Crippen molar-refractivity contribution in [3.8, 4) is 0 Å². The quantitative estimate of drug-likeness (QED) is 0.541. The number of hydrogen-bond donors (Lipinski definition) is 0. The van der Waals surface area contributed by atoms with Gasteiger partial charge in [-0.3, -0.25) is 0 Å². The molecular weight excluding hydrogens is 344 g/mol. The smallest absolute Gasteiger partial charge is 0.142 e. The average molecular weight is 366 g/mol. The van der Waals surface area contributed by atoms with Crippen molar-refractivity contribution in [2.24, 2.45) is 0 Å². The third-order valence-electron chi connectivity index (χ3n) is 3.79. The van der Waals surface area contributed by atoms with Crippen LogP contribution in [-0.2, 0) is 11.5 Å². The van der Waals surface area contributed by atoms with E-state index >= 15 is 0 Å². The van der Waals surface area contributed by atoms with Gasteiger partial charge in [0.25, 0.3) is 0 Å². The van der Waals surface area contributed by atoms with E-state index in [4.69, 9.17) is 4.74 Å². The van der Waals surface area contributed by atoms with Crippen LogP contribution in [0.15, 0.2) is 22.9 Å². The van der Waals surface area contributed by atoms with Gasteiger partial charge in [0.05, 0.1) is 0 Å². The highest BCUT2D eigenvalue weighted by atomic mass is 79.9. The molecule has 1 fully saturated rings. The summed E-state index contributed by atoms with van der Waals surface area (Å²) in [5, 5.41) is 1.24. The third-order valence-corrected chi connectivity index (χ3v) is 5.93. The van der Waals surface area contributed by atoms with Crippen LogP contribution in [0.4, 0.5) is 0 Å². The molecule has 5 heteroatoms. The molecule has 0 bridgehead atoms. The molecule has 21 heavy (non-hydrogen) atoms. The number of hydrogen-bond acceptors (Lipinski definition) is 2. The van der Waals surface area contributed by atoms with Gasteiger partial charge in [0.1, 0.15) is 12.4 Å². The fourth-order valence-corrected chi connectivity index (χ4v) is 3.49. The second-order valence-corrected chi connectivity index (χ2v) is 13.5. The summed E-state index contributed by atoms with van der Waals surface area (Å²) in [7, 11) is -1.02. The Morgan fingerprint density at radius 2 is 2.10 bits per heavy atom. The Kier molecular flexibility index (Phi) is 4.25. The number of aromatic nitrogens is 2. The highest BCUT2D eigenvalue weighted by Gasteiger charge is 2.28. The maximum atomic E-state index is 5.88. The largest absolute Gasteiger partial charge is 0.361 e. The van der Waals surface area contributed by atoms with Crippen LogP contribution in [0.25, 0.3) is 11.0 Å². The van der Waals surface area contributed by atoms with Crippen molar-refractivity contribution in [2.45, 2.75) is 45.3 Å². The summed E-state index contributed by atoms with van der Waals surface area (Å²) >= 11 is 3.52. The van der Waals surface area contributed by atoms with Crippen LogP contribution in [0.2, 0.25) is 25.7 Å². The van der Waals surface area contributed by atoms with Gasteiger partial charge in [-0.1, -0.05) is 19.6 Å². The van der Waals surface area contributed by atoms with Crippen LogP contribution < -0.4 is 0 Å². The standard InChI is InChI=1S/C16H22BrN2OSi/c1-21(2,3)7-6-20-11-19-10-15(12-4-5-12)14-8-13(17)9-18-16(14)19/h8-10H,4-7,11H2,1-3H3. The predicted molar refractivity (Wildman–Crippen MR) is 93.1 cm³/mol. The fourth-order valence-electron chi connectivity index (χ4n) is 2.40. The van der Waals surface area contributed by atoms with E-state index < -0.39 is 8.07 Å². The first-order valence-corrected chi connectivity index (χ1v) is 12.0. The SMILES string of the molecule is C[Si](C)(C)CCOCn1cc([C]2CC2)c2cc(Br)cnc21. The Bertz CT molecular complexity index is 643. The number of rotatable bonds is 6. The molecule has 1 aliphatic carbocycles. The average Bonchev–Trinajstić information content (AvgIpc) is 3.17. The summed E-state index contributed by atoms with van der Waals surface area (Å²) in [6.45, 7) is 8.58. The van der Waals surface area contributed by atoms with Crippen molar-refractivity contribution in [1.29, 1.82) is 0 Å². The lowest BCUT2D eigenvalue weighted by atomic mass is 10.1. The van der Waals surface area contributed by atoms with Gasteiger partial charge in [-0.15, -0.1) is 0 Å². The normalized spacial score (nSPS) is 15.8. The third kappa shape index (κ3) is 3.76. The Morgan fingerprint density at radius 3 is 2.76 bits per heavy atom. The highest BCUT2D eigenvalue weighted by Crippen LogP contribution is 2.42. The minimum Gasteiger partial charge on any atom is -0.361 e. The van der Waals surface area contributed by atoms with Gasteiger partial charge >= 0.3 is 0 Å². The highest BCUT2D eigenvalue weighted by molar-refractivity contribution is 9.10. The van der Waals surface area contributed by atoms with E-state index in [-0.39, 0.29) is 0 Å². The number of halogens is 1. The molecule has 1 radical (unpaired) electrons. The van der Waals surface area contributed by atoms with Crippen LogP contribution in [0.5, 0.6) is 0 Å². The monoisotopic (exact) mass is 365 g/mol. The van der Waals surface area contributed by atoms with Gasteiger partial charge in [-0.25, -0.2) is 4.98 Å². The van der Waals surface area contributed by atoms with E-state index in [0.717, 1.165) is 16.7 Å². The second-order valence-electron chi connectivity index (χ2n) is 6.99. The summed E-state index contributed by atoms with van der Waals surface area (Å²) in [5.41, 5.74) is 2.38. The van der Waals surface area contributed by atoms with Crippen molar-refractivity contribution < 1.29 is 4.74 Å². The van der Waals surface area contributed by atoms with Crippen LogP contribution in [0, 0.1) is 5.92 Å². The molecule has 113 valence electrons. The van der Waals surface area contributed by atoms with E-state index in [0.29, 0.717) is 6.73 Å². The Hall–Kier alpha value is -0.653. The lowest BCUT2D eigenvalue weighted by Gasteiger charge is -2.15. The zero-order valence-corrected chi connectivity index (χ0v) is 15.5. The van der Waals surface area contributed by atoms with Crippen LogP contribution in [0.3, 0.4) is 0 Å². The number of fused-ring (bicyclic) bond motifs is 1. The van der Waals surface area contributed by atoms with Crippen molar-refractivity contribution in [3.05, 3.63) is 34.4 Å². The zero-order chi connectivity index (χ0) is 15.0. The zero-order valence-electron chi connectivity index (χ0n) is 12.9. The van der Waals surface area contributed by atoms with E-state index in [1.54, 1.807) is 5.92 Å². The van der Waals surface area contributed by atoms with Crippen molar-refractivity contribution >= 4 is 35.0 Å². The first-order valence-electron chi connectivity index (χ1n) is 7.51. The molecule has 0 amide bonds. The first-order chi connectivity index (χ1) is 9.94. The van der Waals surface area contributed by atoms with E-state index in [9.17, 15) is 0 Å². The van der Waals surface area contributed by atoms with Gasteiger partial charge in [0.2, 0.25) is 0 Å². The Balaban J connectivity index is 1.76.